The number of rotatable bonds is 6. The third-order valence-corrected chi connectivity index (χ3v) is 4.28. The number of nitrogens with zero attached hydrogens (tertiary/aromatic N) is 3. The minimum absolute atomic E-state index is 0.0118. The number of aromatic nitrogens is 1. The fourth-order valence-corrected chi connectivity index (χ4v) is 2.80. The van der Waals surface area contributed by atoms with Crippen molar-refractivity contribution in [3.8, 4) is 17.5 Å². The predicted octanol–water partition coefficient (Wildman–Crippen LogP) is 4.19. The molecule has 0 fully saturated rings. The Morgan fingerprint density at radius 3 is 2.48 bits per heavy atom. The lowest BCUT2D eigenvalue weighted by molar-refractivity contribution is -0.132. The normalized spacial score (nSPS) is 10.6. The van der Waals surface area contributed by atoms with Gasteiger partial charge in [0.1, 0.15) is 6.26 Å². The maximum absolute atomic E-state index is 12.8. The van der Waals surface area contributed by atoms with E-state index in [1.807, 2.05) is 56.3 Å². The molecule has 5 heteroatoms. The van der Waals surface area contributed by atoms with E-state index in [2.05, 4.69) is 11.1 Å². The third kappa shape index (κ3) is 4.62. The largest absolute Gasteiger partial charge is 0.444 e. The molecule has 0 aliphatic heterocycles. The molecule has 0 aliphatic rings. The first-order chi connectivity index (χ1) is 13.1. The molecule has 0 unspecified atom stereocenters. The molecule has 3 rings (SSSR count). The number of carbonyl (C=O) groups is 1. The van der Waals surface area contributed by atoms with Crippen LogP contribution in [0.5, 0.6) is 0 Å². The van der Waals surface area contributed by atoms with Crippen LogP contribution in [0.15, 0.2) is 65.3 Å². The summed E-state index contributed by atoms with van der Waals surface area (Å²) in [5, 5.41) is 8.90. The van der Waals surface area contributed by atoms with Crippen molar-refractivity contribution in [1.29, 1.82) is 5.26 Å². The van der Waals surface area contributed by atoms with Crippen molar-refractivity contribution >= 4 is 5.91 Å². The van der Waals surface area contributed by atoms with Crippen LogP contribution < -0.4 is 0 Å². The molecule has 0 radical (unpaired) electrons. The van der Waals surface area contributed by atoms with Crippen molar-refractivity contribution in [3.63, 3.8) is 0 Å². The van der Waals surface area contributed by atoms with E-state index < -0.39 is 0 Å². The van der Waals surface area contributed by atoms with Crippen molar-refractivity contribution in [2.75, 3.05) is 0 Å². The van der Waals surface area contributed by atoms with Gasteiger partial charge in [-0.25, -0.2) is 4.98 Å². The minimum Gasteiger partial charge on any atom is -0.444 e. The lowest BCUT2D eigenvalue weighted by Crippen LogP contribution is -2.37. The van der Waals surface area contributed by atoms with E-state index in [1.165, 1.54) is 0 Å². The Bertz CT molecular complexity index is 938. The molecule has 1 heterocycles. The highest BCUT2D eigenvalue weighted by molar-refractivity contribution is 5.78. The zero-order valence-corrected chi connectivity index (χ0v) is 15.4. The summed E-state index contributed by atoms with van der Waals surface area (Å²) in [4.78, 5) is 19.1. The van der Waals surface area contributed by atoms with Crippen LogP contribution in [0.2, 0.25) is 0 Å². The standard InChI is InChI=1S/C22H21N3O2/c1-16(2)25(14-18-10-8-17(13-23)9-11-18)21(26)12-20-15-27-22(24-20)19-6-4-3-5-7-19/h3-11,15-16H,12,14H2,1-2H3. The van der Waals surface area contributed by atoms with Crippen LogP contribution in [-0.2, 0) is 17.8 Å². The van der Waals surface area contributed by atoms with E-state index in [4.69, 9.17) is 9.68 Å². The topological polar surface area (TPSA) is 70.1 Å². The maximum atomic E-state index is 12.8. The van der Waals surface area contributed by atoms with E-state index in [9.17, 15) is 4.79 Å². The van der Waals surface area contributed by atoms with Crippen LogP contribution >= 0.6 is 0 Å². The van der Waals surface area contributed by atoms with E-state index in [0.717, 1.165) is 11.1 Å². The molecule has 5 nitrogen and oxygen atoms in total. The van der Waals surface area contributed by atoms with Crippen LogP contribution in [0.3, 0.4) is 0 Å². The van der Waals surface area contributed by atoms with Gasteiger partial charge in [0.05, 0.1) is 23.7 Å². The Labute approximate surface area is 158 Å². The molecule has 27 heavy (non-hydrogen) atoms. The third-order valence-electron chi connectivity index (χ3n) is 4.28. The highest BCUT2D eigenvalue weighted by Crippen LogP contribution is 2.19. The van der Waals surface area contributed by atoms with Gasteiger partial charge in [-0.3, -0.25) is 4.79 Å². The molecule has 0 saturated carbocycles. The Kier molecular flexibility index (Phi) is 5.68. The summed E-state index contributed by atoms with van der Waals surface area (Å²) in [6, 6.07) is 19.1. The van der Waals surface area contributed by atoms with E-state index >= 15 is 0 Å². The van der Waals surface area contributed by atoms with E-state index in [1.54, 1.807) is 23.3 Å². The Morgan fingerprint density at radius 1 is 1.15 bits per heavy atom. The van der Waals surface area contributed by atoms with E-state index in [0.29, 0.717) is 23.7 Å². The van der Waals surface area contributed by atoms with E-state index in [-0.39, 0.29) is 18.4 Å². The molecule has 0 saturated heterocycles. The van der Waals surface area contributed by atoms with Crippen LogP contribution in [0, 0.1) is 11.3 Å². The fraction of sp³-hybridized carbons (Fsp3) is 0.227. The number of carbonyl (C=O) groups excluding carboxylic acids is 1. The van der Waals surface area contributed by atoms with Crippen molar-refractivity contribution in [2.24, 2.45) is 0 Å². The van der Waals surface area contributed by atoms with Crippen LogP contribution in [0.25, 0.3) is 11.5 Å². The molecule has 136 valence electrons. The molecule has 0 atom stereocenters. The summed E-state index contributed by atoms with van der Waals surface area (Å²) in [5.41, 5.74) is 3.09. The first kappa shape index (κ1) is 18.4. The Hall–Kier alpha value is -3.39. The molecule has 1 amide bonds. The van der Waals surface area contributed by atoms with Gasteiger partial charge in [-0.2, -0.15) is 5.26 Å². The number of benzene rings is 2. The van der Waals surface area contributed by atoms with Crippen LogP contribution in [0.4, 0.5) is 0 Å². The van der Waals surface area contributed by atoms with Gasteiger partial charge in [0.25, 0.3) is 0 Å². The molecule has 0 aliphatic carbocycles. The second-order valence-electron chi connectivity index (χ2n) is 6.61. The molecule has 1 aromatic heterocycles. The zero-order chi connectivity index (χ0) is 19.2. The Balaban J connectivity index is 1.70. The van der Waals surface area contributed by atoms with Gasteiger partial charge in [0, 0.05) is 18.2 Å². The van der Waals surface area contributed by atoms with Crippen molar-refractivity contribution < 1.29 is 9.21 Å². The smallest absolute Gasteiger partial charge is 0.229 e. The molecule has 0 spiro atoms. The van der Waals surface area contributed by atoms with Crippen LogP contribution in [-0.4, -0.2) is 21.8 Å². The molecular formula is C22H21N3O2. The number of amides is 1. The van der Waals surface area contributed by atoms with Crippen molar-refractivity contribution in [2.45, 2.75) is 32.9 Å². The number of oxazole rings is 1. The van der Waals surface area contributed by atoms with Crippen LogP contribution in [0.1, 0.15) is 30.7 Å². The minimum atomic E-state index is -0.0118. The maximum Gasteiger partial charge on any atom is 0.229 e. The van der Waals surface area contributed by atoms with Gasteiger partial charge in [-0.05, 0) is 43.7 Å². The summed E-state index contributed by atoms with van der Waals surface area (Å²) in [6.07, 6.45) is 1.73. The van der Waals surface area contributed by atoms with Gasteiger partial charge in [-0.1, -0.05) is 30.3 Å². The highest BCUT2D eigenvalue weighted by Gasteiger charge is 2.19. The monoisotopic (exact) mass is 359 g/mol. The summed E-state index contributed by atoms with van der Waals surface area (Å²) >= 11 is 0. The summed E-state index contributed by atoms with van der Waals surface area (Å²) in [6.45, 7) is 4.46. The van der Waals surface area contributed by atoms with Gasteiger partial charge in [0.2, 0.25) is 11.8 Å². The highest BCUT2D eigenvalue weighted by atomic mass is 16.3. The second-order valence-corrected chi connectivity index (χ2v) is 6.61. The lowest BCUT2D eigenvalue weighted by atomic mass is 10.1. The average molecular weight is 359 g/mol. The summed E-state index contributed by atoms with van der Waals surface area (Å²) in [5.74, 6) is 0.504. The lowest BCUT2D eigenvalue weighted by Gasteiger charge is -2.26. The van der Waals surface area contributed by atoms with Gasteiger partial charge in [0.15, 0.2) is 0 Å². The second kappa shape index (κ2) is 8.33. The summed E-state index contributed by atoms with van der Waals surface area (Å²) in [7, 11) is 0. The Morgan fingerprint density at radius 2 is 1.85 bits per heavy atom. The molecule has 3 aromatic rings. The summed E-state index contributed by atoms with van der Waals surface area (Å²) < 4.78 is 5.52. The average Bonchev–Trinajstić information content (AvgIpc) is 3.15. The predicted molar refractivity (Wildman–Crippen MR) is 102 cm³/mol. The van der Waals surface area contributed by atoms with Crippen molar-refractivity contribution in [3.05, 3.63) is 77.7 Å². The number of hydrogen-bond acceptors (Lipinski definition) is 4. The first-order valence-corrected chi connectivity index (χ1v) is 8.85. The zero-order valence-electron chi connectivity index (χ0n) is 15.4. The number of nitriles is 1. The first-order valence-electron chi connectivity index (χ1n) is 8.85. The van der Waals surface area contributed by atoms with Gasteiger partial charge in [-0.15, -0.1) is 0 Å². The molecule has 0 N–H and O–H groups in total. The molecule has 2 aromatic carbocycles. The van der Waals surface area contributed by atoms with Crippen molar-refractivity contribution in [1.82, 2.24) is 9.88 Å². The van der Waals surface area contributed by atoms with Gasteiger partial charge < -0.3 is 9.32 Å². The van der Waals surface area contributed by atoms with Gasteiger partial charge >= 0.3 is 0 Å². The quantitative estimate of drug-likeness (QED) is 0.661. The SMILES string of the molecule is CC(C)N(Cc1ccc(C#N)cc1)C(=O)Cc1coc(-c2ccccc2)n1. The molecular weight excluding hydrogens is 338 g/mol. The fourth-order valence-electron chi connectivity index (χ4n) is 2.80. The molecule has 0 bridgehead atoms. The number of hydrogen-bond donors (Lipinski definition) is 0.